The lowest BCUT2D eigenvalue weighted by Crippen LogP contribution is -2.43. The van der Waals surface area contributed by atoms with Crippen LogP contribution in [-0.4, -0.2) is 44.3 Å². The van der Waals surface area contributed by atoms with Crippen molar-refractivity contribution >= 4 is 11.6 Å². The molecule has 130 valence electrons. The molecule has 0 aliphatic carbocycles. The van der Waals surface area contributed by atoms with Crippen LogP contribution in [0, 0.1) is 0 Å². The highest BCUT2D eigenvalue weighted by atomic mass is 35.5. The standard InChI is InChI=1S/C19H31ClN2O/c1-2-3-4-5-8-11-21-16-19(22-12-14-23-15-13-22)17-9-6-7-10-18(17)20/h6-7,9-10,19,21H,2-5,8,11-16H2,1H3. The summed E-state index contributed by atoms with van der Waals surface area (Å²) in [5, 5.41) is 4.51. The van der Waals surface area contributed by atoms with Crippen molar-refractivity contribution in [2.75, 3.05) is 39.4 Å². The number of nitrogens with one attached hydrogen (secondary N) is 1. The molecule has 1 atom stereocenters. The zero-order chi connectivity index (χ0) is 16.3. The smallest absolute Gasteiger partial charge is 0.0594 e. The Labute approximate surface area is 146 Å². The van der Waals surface area contributed by atoms with E-state index in [1.807, 2.05) is 12.1 Å². The summed E-state index contributed by atoms with van der Waals surface area (Å²) in [6, 6.07) is 8.58. The fraction of sp³-hybridized carbons (Fsp3) is 0.684. The van der Waals surface area contributed by atoms with E-state index in [1.54, 1.807) is 0 Å². The number of nitrogens with zero attached hydrogens (tertiary/aromatic N) is 1. The van der Waals surface area contributed by atoms with E-state index in [9.17, 15) is 0 Å². The molecule has 0 aromatic heterocycles. The lowest BCUT2D eigenvalue weighted by atomic mass is 10.0. The van der Waals surface area contributed by atoms with Crippen LogP contribution in [0.3, 0.4) is 0 Å². The predicted octanol–water partition coefficient (Wildman–Crippen LogP) is 4.27. The maximum atomic E-state index is 6.45. The average molecular weight is 339 g/mol. The molecule has 1 N–H and O–H groups in total. The number of rotatable bonds is 10. The van der Waals surface area contributed by atoms with Crippen LogP contribution < -0.4 is 5.32 Å². The van der Waals surface area contributed by atoms with Gasteiger partial charge in [0.1, 0.15) is 0 Å². The molecule has 1 aliphatic heterocycles. The van der Waals surface area contributed by atoms with Gasteiger partial charge in [-0.25, -0.2) is 0 Å². The van der Waals surface area contributed by atoms with Crippen molar-refractivity contribution in [3.05, 3.63) is 34.9 Å². The molecule has 1 fully saturated rings. The summed E-state index contributed by atoms with van der Waals surface area (Å²) < 4.78 is 5.50. The topological polar surface area (TPSA) is 24.5 Å². The molecule has 1 aromatic carbocycles. The molecule has 0 spiro atoms. The van der Waals surface area contributed by atoms with E-state index in [0.29, 0.717) is 6.04 Å². The second-order valence-corrected chi connectivity index (χ2v) is 6.71. The van der Waals surface area contributed by atoms with Crippen molar-refractivity contribution in [1.29, 1.82) is 0 Å². The van der Waals surface area contributed by atoms with Gasteiger partial charge in [0, 0.05) is 30.7 Å². The van der Waals surface area contributed by atoms with Crippen LogP contribution in [-0.2, 0) is 4.74 Å². The number of unbranched alkanes of at least 4 members (excludes halogenated alkanes) is 4. The molecule has 1 saturated heterocycles. The third-order valence-corrected chi connectivity index (χ3v) is 4.89. The summed E-state index contributed by atoms with van der Waals surface area (Å²) in [7, 11) is 0. The molecule has 2 rings (SSSR count). The van der Waals surface area contributed by atoms with Crippen molar-refractivity contribution in [2.24, 2.45) is 0 Å². The first kappa shape index (κ1) is 18.7. The van der Waals surface area contributed by atoms with Crippen LogP contribution >= 0.6 is 11.6 Å². The minimum atomic E-state index is 0.336. The fourth-order valence-corrected chi connectivity index (χ4v) is 3.42. The molecule has 1 aliphatic rings. The highest BCUT2D eigenvalue weighted by Crippen LogP contribution is 2.27. The molecule has 0 saturated carbocycles. The Balaban J connectivity index is 1.85. The number of morpholine rings is 1. The van der Waals surface area contributed by atoms with Crippen molar-refractivity contribution in [3.63, 3.8) is 0 Å². The first-order chi connectivity index (χ1) is 11.3. The monoisotopic (exact) mass is 338 g/mol. The highest BCUT2D eigenvalue weighted by molar-refractivity contribution is 6.31. The number of halogens is 1. The van der Waals surface area contributed by atoms with Crippen molar-refractivity contribution in [1.82, 2.24) is 10.2 Å². The molecular formula is C19H31ClN2O. The minimum Gasteiger partial charge on any atom is -0.379 e. The van der Waals surface area contributed by atoms with Gasteiger partial charge in [0.05, 0.1) is 13.2 Å². The first-order valence-corrected chi connectivity index (χ1v) is 9.47. The summed E-state index contributed by atoms with van der Waals surface area (Å²) in [4.78, 5) is 2.49. The van der Waals surface area contributed by atoms with Gasteiger partial charge in [0.25, 0.3) is 0 Å². The van der Waals surface area contributed by atoms with Crippen LogP contribution in [0.25, 0.3) is 0 Å². The summed E-state index contributed by atoms with van der Waals surface area (Å²) in [5.41, 5.74) is 1.23. The van der Waals surface area contributed by atoms with E-state index in [4.69, 9.17) is 16.3 Å². The number of ether oxygens (including phenoxy) is 1. The molecule has 0 radical (unpaired) electrons. The molecule has 1 heterocycles. The predicted molar refractivity (Wildman–Crippen MR) is 98.2 cm³/mol. The Bertz CT molecular complexity index is 435. The van der Waals surface area contributed by atoms with E-state index in [-0.39, 0.29) is 0 Å². The lowest BCUT2D eigenvalue weighted by molar-refractivity contribution is 0.0162. The minimum absolute atomic E-state index is 0.336. The van der Waals surface area contributed by atoms with Crippen LogP contribution in [0.5, 0.6) is 0 Å². The average Bonchev–Trinajstić information content (AvgIpc) is 2.59. The maximum absolute atomic E-state index is 6.45. The van der Waals surface area contributed by atoms with Crippen LogP contribution in [0.4, 0.5) is 0 Å². The van der Waals surface area contributed by atoms with E-state index in [1.165, 1.54) is 37.7 Å². The van der Waals surface area contributed by atoms with Gasteiger partial charge in [-0.15, -0.1) is 0 Å². The summed E-state index contributed by atoms with van der Waals surface area (Å²) in [6.45, 7) is 7.90. The van der Waals surface area contributed by atoms with Gasteiger partial charge >= 0.3 is 0 Å². The van der Waals surface area contributed by atoms with Crippen molar-refractivity contribution < 1.29 is 4.74 Å². The number of hydrogen-bond acceptors (Lipinski definition) is 3. The van der Waals surface area contributed by atoms with Gasteiger partial charge < -0.3 is 10.1 Å². The second-order valence-electron chi connectivity index (χ2n) is 6.30. The molecule has 1 aromatic rings. The van der Waals surface area contributed by atoms with E-state index in [0.717, 1.165) is 44.4 Å². The fourth-order valence-electron chi connectivity index (χ4n) is 3.16. The molecule has 0 amide bonds. The van der Waals surface area contributed by atoms with E-state index in [2.05, 4.69) is 29.3 Å². The van der Waals surface area contributed by atoms with Gasteiger partial charge in [-0.3, -0.25) is 4.90 Å². The van der Waals surface area contributed by atoms with Gasteiger partial charge in [-0.05, 0) is 24.6 Å². The molecular weight excluding hydrogens is 308 g/mol. The Morgan fingerprint density at radius 1 is 1.13 bits per heavy atom. The number of hydrogen-bond donors (Lipinski definition) is 1. The normalized spacial score (nSPS) is 17.3. The molecule has 1 unspecified atom stereocenters. The van der Waals surface area contributed by atoms with E-state index >= 15 is 0 Å². The third kappa shape index (κ3) is 6.42. The largest absolute Gasteiger partial charge is 0.379 e. The molecule has 0 bridgehead atoms. The summed E-state index contributed by atoms with van der Waals surface area (Å²) in [6.07, 6.45) is 6.61. The second kappa shape index (κ2) is 11.0. The first-order valence-electron chi connectivity index (χ1n) is 9.10. The van der Waals surface area contributed by atoms with E-state index < -0.39 is 0 Å². The summed E-state index contributed by atoms with van der Waals surface area (Å²) in [5.74, 6) is 0. The zero-order valence-electron chi connectivity index (χ0n) is 14.4. The van der Waals surface area contributed by atoms with Gasteiger partial charge in [0.15, 0.2) is 0 Å². The SMILES string of the molecule is CCCCCCCNCC(c1ccccc1Cl)N1CCOCC1. The Morgan fingerprint density at radius 2 is 1.87 bits per heavy atom. The van der Waals surface area contributed by atoms with Crippen molar-refractivity contribution in [2.45, 2.75) is 45.1 Å². The highest BCUT2D eigenvalue weighted by Gasteiger charge is 2.23. The van der Waals surface area contributed by atoms with Crippen LogP contribution in [0.2, 0.25) is 5.02 Å². The zero-order valence-corrected chi connectivity index (χ0v) is 15.2. The third-order valence-electron chi connectivity index (χ3n) is 4.55. The summed E-state index contributed by atoms with van der Waals surface area (Å²) >= 11 is 6.45. The molecule has 23 heavy (non-hydrogen) atoms. The quantitative estimate of drug-likeness (QED) is 0.645. The molecule has 3 nitrogen and oxygen atoms in total. The van der Waals surface area contributed by atoms with Gasteiger partial charge in [-0.2, -0.15) is 0 Å². The maximum Gasteiger partial charge on any atom is 0.0594 e. The van der Waals surface area contributed by atoms with Crippen molar-refractivity contribution in [3.8, 4) is 0 Å². The molecule has 4 heteroatoms. The number of benzene rings is 1. The van der Waals surface area contributed by atoms with Crippen LogP contribution in [0.15, 0.2) is 24.3 Å². The Morgan fingerprint density at radius 3 is 2.61 bits per heavy atom. The Hall–Kier alpha value is -0.610. The van der Waals surface area contributed by atoms with Crippen LogP contribution in [0.1, 0.15) is 50.6 Å². The lowest BCUT2D eigenvalue weighted by Gasteiger charge is -2.35. The Kier molecular flexibility index (Phi) is 8.98. The van der Waals surface area contributed by atoms with Gasteiger partial charge in [0.2, 0.25) is 0 Å². The van der Waals surface area contributed by atoms with Gasteiger partial charge in [-0.1, -0.05) is 62.4 Å².